The fourth-order valence-electron chi connectivity index (χ4n) is 9.50. The Morgan fingerprint density at radius 3 is 1.48 bits per heavy atom. The Hall–Kier alpha value is 1.21. The first kappa shape index (κ1) is 53.8. The quantitative estimate of drug-likeness (QED) is 0.0948. The molecule has 4 fully saturated rings. The Kier molecular flexibility index (Phi) is 19.6. The lowest BCUT2D eigenvalue weighted by atomic mass is 9.91. The summed E-state index contributed by atoms with van der Waals surface area (Å²) in [5, 5.41) is 0. The van der Waals surface area contributed by atoms with Gasteiger partial charge in [0.2, 0.25) is 0 Å². The van der Waals surface area contributed by atoms with Gasteiger partial charge in [0, 0.05) is 36.3 Å². The lowest BCUT2D eigenvalue weighted by Crippen LogP contribution is -2.81. The zero-order chi connectivity index (χ0) is 45.0. The largest absolute Gasteiger partial charge is 0.483 e. The van der Waals surface area contributed by atoms with Gasteiger partial charge in [0.05, 0.1) is 0 Å². The minimum Gasteiger partial charge on any atom is -0.438 e. The van der Waals surface area contributed by atoms with Crippen molar-refractivity contribution in [3.05, 3.63) is 12.2 Å². The normalized spacial score (nSPS) is 37.6. The van der Waals surface area contributed by atoms with E-state index in [1.165, 1.54) is 12.8 Å². The monoisotopic (exact) mass is 1000 g/mol. The predicted molar refractivity (Wildman–Crippen MR) is 260 cm³/mol. The van der Waals surface area contributed by atoms with Crippen molar-refractivity contribution in [3.63, 3.8) is 0 Å². The Balaban J connectivity index is 0.00000123. The second kappa shape index (κ2) is 21.9. The lowest BCUT2D eigenvalue weighted by Gasteiger charge is -2.57. The summed E-state index contributed by atoms with van der Waals surface area (Å²) in [7, 11) is -27.9. The summed E-state index contributed by atoms with van der Waals surface area (Å²) in [6.07, 6.45) is 8.58. The summed E-state index contributed by atoms with van der Waals surface area (Å²) >= 11 is 0. The van der Waals surface area contributed by atoms with Gasteiger partial charge in [0.1, 0.15) is 0 Å². The van der Waals surface area contributed by atoms with Crippen molar-refractivity contribution in [3.8, 4) is 0 Å². The van der Waals surface area contributed by atoms with Crippen LogP contribution >= 0.6 is 0 Å². The molecule has 0 radical (unpaired) electrons. The smallest absolute Gasteiger partial charge is 0.438 e. The van der Waals surface area contributed by atoms with Crippen molar-refractivity contribution in [2.75, 3.05) is 0 Å². The molecule has 3 aliphatic heterocycles. The molecule has 2 N–H and O–H groups in total. The number of fused-ring (bicyclic) bond motifs is 5. The molecule has 9 atom stereocenters. The summed E-state index contributed by atoms with van der Waals surface area (Å²) in [5.41, 5.74) is 0. The number of hydrogen-bond acceptors (Lipinski definition) is 12. The molecule has 60 heavy (non-hydrogen) atoms. The van der Waals surface area contributed by atoms with Crippen LogP contribution in [-0.4, -0.2) is 90.5 Å². The van der Waals surface area contributed by atoms with Crippen molar-refractivity contribution in [2.24, 2.45) is 59.2 Å². The molecule has 352 valence electrons. The van der Waals surface area contributed by atoms with E-state index < -0.39 is 80.9 Å². The molecule has 0 aromatic heterocycles. The first-order valence-electron chi connectivity index (χ1n) is 23.6. The summed E-state index contributed by atoms with van der Waals surface area (Å²) in [5.74, 6) is 3.66. The standard InChI is InChI=1S/C35H76O11Si8.C4H12OSi/c1-27(2)21-49(36)40-50(22-28(3)4)37-47-38-51(23-29(5)6)43-52(24-30(7)8,39-48(13,14)18-17-35-20-33-15-16-34(35)19-33)45-53(41-49,25-31(9)10)46-54(42-50,44-51)26-32(11)12;1-4(2)3-6-5/h15-16,27-36H,17-26,47H2,1-14H3;4-5H,3,6H2,1-2H3. The van der Waals surface area contributed by atoms with E-state index >= 15 is 0 Å². The molecule has 6 bridgehead atoms. The van der Waals surface area contributed by atoms with E-state index in [9.17, 15) is 4.80 Å². The first-order valence-corrected chi connectivity index (χ1v) is 41.1. The lowest BCUT2D eigenvalue weighted by molar-refractivity contribution is 0.0206. The van der Waals surface area contributed by atoms with Gasteiger partial charge in [-0.05, 0) is 97.2 Å². The maximum absolute atomic E-state index is 12.9. The third-order valence-electron chi connectivity index (χ3n) is 11.4. The van der Waals surface area contributed by atoms with Gasteiger partial charge in [-0.2, -0.15) is 0 Å². The van der Waals surface area contributed by atoms with Crippen molar-refractivity contribution in [1.82, 2.24) is 0 Å². The van der Waals surface area contributed by atoms with Crippen LogP contribution in [-0.2, 0) is 41.2 Å². The van der Waals surface area contributed by atoms with Crippen LogP contribution in [0.3, 0.4) is 0 Å². The van der Waals surface area contributed by atoms with E-state index in [2.05, 4.69) is 122 Å². The van der Waals surface area contributed by atoms with Gasteiger partial charge in [-0.3, -0.25) is 0 Å². The highest BCUT2D eigenvalue weighted by atomic mass is 28.6. The van der Waals surface area contributed by atoms with Crippen molar-refractivity contribution < 1.29 is 50.7 Å². The molecule has 1 saturated carbocycles. The average Bonchev–Trinajstić information content (AvgIpc) is 3.63. The molecule has 2 aliphatic carbocycles. The molecule has 5 aliphatic rings. The molecular weight excluding hydrogens is 913 g/mol. The van der Waals surface area contributed by atoms with Crippen molar-refractivity contribution in [1.29, 1.82) is 0 Å². The predicted octanol–water partition coefficient (Wildman–Crippen LogP) is 8.70. The molecule has 9 unspecified atom stereocenters. The van der Waals surface area contributed by atoms with Crippen LogP contribution in [0.5, 0.6) is 0 Å². The number of hydrogen-bond donors (Lipinski definition) is 2. The minimum atomic E-state index is -4.10. The van der Waals surface area contributed by atoms with Crippen LogP contribution in [0.2, 0.25) is 61.4 Å². The topological polar surface area (TPSA) is 133 Å². The third-order valence-corrected chi connectivity index (χ3v) is 47.6. The molecule has 0 aromatic carbocycles. The van der Waals surface area contributed by atoms with Crippen molar-refractivity contribution >= 4 is 80.9 Å². The average molecular weight is 1000 g/mol. The van der Waals surface area contributed by atoms with E-state index in [1.54, 1.807) is 0 Å². The van der Waals surface area contributed by atoms with Crippen LogP contribution in [0.25, 0.3) is 0 Å². The van der Waals surface area contributed by atoms with Gasteiger partial charge < -0.3 is 50.7 Å². The van der Waals surface area contributed by atoms with E-state index in [4.69, 9.17) is 45.9 Å². The Morgan fingerprint density at radius 1 is 0.600 bits per heavy atom. The van der Waals surface area contributed by atoms with Crippen LogP contribution in [0.4, 0.5) is 0 Å². The highest BCUT2D eigenvalue weighted by molar-refractivity contribution is 6.97. The number of allylic oxidation sites excluding steroid dienone is 2. The van der Waals surface area contributed by atoms with Gasteiger partial charge >= 0.3 is 52.8 Å². The van der Waals surface area contributed by atoms with E-state index in [0.29, 0.717) is 54.0 Å². The van der Waals surface area contributed by atoms with Gasteiger partial charge in [0.15, 0.2) is 18.1 Å². The second-order valence-electron chi connectivity index (χ2n) is 22.2. The highest BCUT2D eigenvalue weighted by Crippen LogP contribution is 2.50. The molecule has 5 rings (SSSR count). The minimum absolute atomic E-state index is 0.0733. The second-order valence-corrected chi connectivity index (χ2v) is 47.0. The maximum atomic E-state index is 12.9. The van der Waals surface area contributed by atoms with Crippen LogP contribution < -0.4 is 0 Å². The van der Waals surface area contributed by atoms with Gasteiger partial charge in [-0.1, -0.05) is 116 Å². The molecule has 0 aromatic rings. The molecular formula is C39H88O12Si9. The Morgan fingerprint density at radius 2 is 1.05 bits per heavy atom. The summed E-state index contributed by atoms with van der Waals surface area (Å²) in [4.78, 5) is 21.3. The fourth-order valence-corrected chi connectivity index (χ4v) is 52.0. The fraction of sp³-hybridized carbons (Fsp3) is 0.949. The maximum Gasteiger partial charge on any atom is 0.483 e. The molecule has 3 saturated heterocycles. The van der Waals surface area contributed by atoms with E-state index in [0.717, 1.165) is 24.4 Å². The van der Waals surface area contributed by atoms with Gasteiger partial charge in [-0.25, -0.2) is 0 Å². The Bertz CT molecular complexity index is 1380. The first-order chi connectivity index (χ1) is 27.7. The van der Waals surface area contributed by atoms with Crippen LogP contribution in [0, 0.1) is 59.2 Å². The van der Waals surface area contributed by atoms with Gasteiger partial charge in [-0.15, -0.1) is 0 Å². The molecule has 3 heterocycles. The zero-order valence-corrected chi connectivity index (χ0v) is 50.4. The van der Waals surface area contributed by atoms with Gasteiger partial charge in [0.25, 0.3) is 10.0 Å². The Labute approximate surface area is 378 Å². The third kappa shape index (κ3) is 15.7. The molecule has 12 nitrogen and oxygen atoms in total. The SMILES string of the molecule is CC(C)C[SiH2]O.CC(C)C[Si]1(O)O[Si]2(CC(C)C)O[SiH2]O[Si]3(CC(C)C)O[Si](CC(C)C)(O[Si](C)(C)CCC4CC5C=CC4C5)O[Si](CC(C)C)(O1)O[Si](CC(C)C)(O2)O3. The summed E-state index contributed by atoms with van der Waals surface area (Å²) in [6.45, 7) is 34.7. The summed E-state index contributed by atoms with van der Waals surface area (Å²) in [6, 6.07) is 4.93. The molecule has 0 spiro atoms. The summed E-state index contributed by atoms with van der Waals surface area (Å²) < 4.78 is 74.4. The van der Waals surface area contributed by atoms with E-state index in [1.807, 2.05) is 0 Å². The highest BCUT2D eigenvalue weighted by Gasteiger charge is 2.75. The number of rotatable bonds is 19. The molecule has 21 heteroatoms. The van der Waals surface area contributed by atoms with Crippen molar-refractivity contribution in [2.45, 2.75) is 178 Å². The molecule has 0 amide bonds. The zero-order valence-electron chi connectivity index (χ0n) is 40.6. The van der Waals surface area contributed by atoms with Crippen LogP contribution in [0.1, 0.15) is 116 Å². The van der Waals surface area contributed by atoms with E-state index in [-0.39, 0.29) is 35.5 Å². The van der Waals surface area contributed by atoms with Crippen LogP contribution in [0.15, 0.2) is 12.2 Å².